The summed E-state index contributed by atoms with van der Waals surface area (Å²) >= 11 is 0. The largest absolute Gasteiger partial charge is 0.369 e. The molecule has 1 unspecified atom stereocenters. The van der Waals surface area contributed by atoms with Gasteiger partial charge in [-0.15, -0.1) is 0 Å². The number of hydrogen-bond donors (Lipinski definition) is 3. The van der Waals surface area contributed by atoms with Gasteiger partial charge in [0.2, 0.25) is 11.9 Å². The lowest BCUT2D eigenvalue weighted by Gasteiger charge is -2.35. The van der Waals surface area contributed by atoms with Gasteiger partial charge in [0.25, 0.3) is 0 Å². The summed E-state index contributed by atoms with van der Waals surface area (Å²) in [7, 11) is 2.08. The number of amides is 1. The van der Waals surface area contributed by atoms with Crippen molar-refractivity contribution < 1.29 is 14.0 Å². The Morgan fingerprint density at radius 2 is 1.94 bits per heavy atom. The molecular weight excluding hydrogens is 425 g/mol. The molecule has 1 aliphatic heterocycles. The second-order valence-corrected chi connectivity index (χ2v) is 8.75. The number of carbonyl (C=O) groups excluding carboxylic acids is 2. The second-order valence-electron chi connectivity index (χ2n) is 8.75. The molecule has 4 N–H and O–H groups in total. The summed E-state index contributed by atoms with van der Waals surface area (Å²) in [6, 6.07) is 6.98. The van der Waals surface area contributed by atoms with Crippen molar-refractivity contribution >= 4 is 29.6 Å². The highest BCUT2D eigenvalue weighted by Crippen LogP contribution is 2.29. The number of likely N-dealkylation sites (N-methyl/N-ethyl adjacent to an activating group) is 1. The highest BCUT2D eigenvalue weighted by molar-refractivity contribution is 5.78. The predicted octanol–water partition coefficient (Wildman–Crippen LogP) is 1.91. The Hall–Kier alpha value is -3.11. The van der Waals surface area contributed by atoms with Crippen LogP contribution in [0.3, 0.4) is 0 Å². The highest BCUT2D eigenvalue weighted by atomic mass is 19.1. The fourth-order valence-electron chi connectivity index (χ4n) is 4.55. The molecule has 3 atom stereocenters. The Morgan fingerprint density at radius 1 is 1.21 bits per heavy atom. The zero-order chi connectivity index (χ0) is 23.4. The van der Waals surface area contributed by atoms with Crippen LogP contribution in [0.5, 0.6) is 0 Å². The van der Waals surface area contributed by atoms with Crippen LogP contribution in [0.2, 0.25) is 0 Å². The van der Waals surface area contributed by atoms with Crippen molar-refractivity contribution in [1.29, 1.82) is 0 Å². The molecule has 1 aliphatic carbocycles. The van der Waals surface area contributed by atoms with Crippen molar-refractivity contribution in [2.75, 3.05) is 43.9 Å². The summed E-state index contributed by atoms with van der Waals surface area (Å²) in [6.45, 7) is 3.56. The monoisotopic (exact) mass is 455 g/mol. The zero-order valence-electron chi connectivity index (χ0n) is 18.7. The van der Waals surface area contributed by atoms with Crippen LogP contribution in [0.15, 0.2) is 30.5 Å². The molecule has 1 saturated heterocycles. The number of nitrogens with zero attached hydrogens (tertiary/aromatic N) is 4. The molecule has 0 radical (unpaired) electrons. The minimum absolute atomic E-state index is 0.0401. The topological polar surface area (TPSA) is 116 Å². The molecule has 1 aromatic heterocycles. The van der Waals surface area contributed by atoms with E-state index in [-0.39, 0.29) is 35.7 Å². The first-order valence-corrected chi connectivity index (χ1v) is 11.3. The van der Waals surface area contributed by atoms with Gasteiger partial charge in [-0.3, -0.25) is 9.69 Å². The molecule has 0 bridgehead atoms. The van der Waals surface area contributed by atoms with Crippen molar-refractivity contribution in [3.63, 3.8) is 0 Å². The lowest BCUT2D eigenvalue weighted by molar-refractivity contribution is -0.121. The summed E-state index contributed by atoms with van der Waals surface area (Å²) < 4.78 is 14.3. The first-order chi connectivity index (χ1) is 15.9. The van der Waals surface area contributed by atoms with Crippen LogP contribution in [-0.4, -0.2) is 71.2 Å². The Morgan fingerprint density at radius 3 is 2.61 bits per heavy atom. The van der Waals surface area contributed by atoms with E-state index in [4.69, 9.17) is 5.73 Å². The fourth-order valence-corrected chi connectivity index (χ4v) is 4.55. The fraction of sp³-hybridized carbons (Fsp3) is 0.478. The molecular formula is C23H30FN7O2. The second kappa shape index (κ2) is 10.2. The van der Waals surface area contributed by atoms with Crippen LogP contribution < -0.4 is 16.4 Å². The Kier molecular flexibility index (Phi) is 7.14. The molecule has 0 spiro atoms. The molecule has 10 heteroatoms. The van der Waals surface area contributed by atoms with Gasteiger partial charge in [-0.05, 0) is 37.6 Å². The Balaban J connectivity index is 1.43. The number of halogens is 1. The van der Waals surface area contributed by atoms with E-state index in [1.54, 1.807) is 0 Å². The molecule has 1 amide bonds. The number of aldehydes is 1. The number of carbonyl (C=O) groups is 2. The van der Waals surface area contributed by atoms with Gasteiger partial charge in [0.15, 0.2) is 11.6 Å². The van der Waals surface area contributed by atoms with Crippen molar-refractivity contribution in [2.24, 2.45) is 11.7 Å². The van der Waals surface area contributed by atoms with E-state index in [0.717, 1.165) is 62.8 Å². The zero-order valence-corrected chi connectivity index (χ0v) is 18.7. The van der Waals surface area contributed by atoms with E-state index < -0.39 is 5.82 Å². The number of piperazine rings is 1. The first-order valence-electron chi connectivity index (χ1n) is 11.3. The van der Waals surface area contributed by atoms with E-state index in [1.807, 2.05) is 24.3 Å². The van der Waals surface area contributed by atoms with E-state index in [0.29, 0.717) is 6.42 Å². The van der Waals surface area contributed by atoms with Crippen LogP contribution >= 0.6 is 0 Å². The number of hydrogen-bond acceptors (Lipinski definition) is 8. The lowest BCUT2D eigenvalue weighted by atomic mass is 10.0. The van der Waals surface area contributed by atoms with Gasteiger partial charge in [-0.2, -0.15) is 4.98 Å². The van der Waals surface area contributed by atoms with Gasteiger partial charge in [-0.1, -0.05) is 18.6 Å². The SMILES string of the molecule is CN1CCN(C(C=O)c2ccc(Nc3ncc(F)c(N[C@@H]4CCC[C@@H]4C(N)=O)n3)cc2)CC1. The molecule has 9 nitrogen and oxygen atoms in total. The third-order valence-corrected chi connectivity index (χ3v) is 6.52. The smallest absolute Gasteiger partial charge is 0.229 e. The third kappa shape index (κ3) is 5.45. The number of rotatable bonds is 8. The van der Waals surface area contributed by atoms with Gasteiger partial charge in [0, 0.05) is 37.9 Å². The average molecular weight is 456 g/mol. The van der Waals surface area contributed by atoms with E-state index >= 15 is 0 Å². The molecule has 176 valence electrons. The van der Waals surface area contributed by atoms with Crippen LogP contribution in [0.25, 0.3) is 0 Å². The molecule has 4 rings (SSSR count). The van der Waals surface area contributed by atoms with E-state index in [1.165, 1.54) is 0 Å². The number of aromatic nitrogens is 2. The van der Waals surface area contributed by atoms with Gasteiger partial charge < -0.3 is 26.1 Å². The minimum atomic E-state index is -0.591. The third-order valence-electron chi connectivity index (χ3n) is 6.52. The van der Waals surface area contributed by atoms with E-state index in [9.17, 15) is 14.0 Å². The van der Waals surface area contributed by atoms with Crippen molar-refractivity contribution in [3.05, 3.63) is 41.8 Å². The number of nitrogens with one attached hydrogen (secondary N) is 2. The maximum atomic E-state index is 14.3. The summed E-state index contributed by atoms with van der Waals surface area (Å²) in [4.78, 5) is 36.1. The van der Waals surface area contributed by atoms with Crippen LogP contribution in [0.4, 0.5) is 21.8 Å². The summed E-state index contributed by atoms with van der Waals surface area (Å²) in [6.07, 6.45) is 4.35. The van der Waals surface area contributed by atoms with Crippen molar-refractivity contribution in [2.45, 2.75) is 31.3 Å². The number of primary amides is 1. The minimum Gasteiger partial charge on any atom is -0.369 e. The normalized spacial score (nSPS) is 22.6. The van der Waals surface area contributed by atoms with Crippen molar-refractivity contribution in [1.82, 2.24) is 19.8 Å². The Bertz CT molecular complexity index is 979. The van der Waals surface area contributed by atoms with E-state index in [2.05, 4.69) is 37.4 Å². The van der Waals surface area contributed by atoms with Crippen LogP contribution in [0, 0.1) is 11.7 Å². The average Bonchev–Trinajstić information content (AvgIpc) is 3.27. The first kappa shape index (κ1) is 23.1. The summed E-state index contributed by atoms with van der Waals surface area (Å²) in [5.41, 5.74) is 7.10. The maximum Gasteiger partial charge on any atom is 0.229 e. The number of anilines is 3. The highest BCUT2D eigenvalue weighted by Gasteiger charge is 2.32. The summed E-state index contributed by atoms with van der Waals surface area (Å²) in [5, 5.41) is 6.09. The summed E-state index contributed by atoms with van der Waals surface area (Å²) in [5.74, 6) is -1.05. The number of nitrogens with two attached hydrogens (primary N) is 1. The van der Waals surface area contributed by atoms with Crippen LogP contribution in [-0.2, 0) is 9.59 Å². The standard InChI is InChI=1S/C23H30FN7O2/c1-30-9-11-31(12-10-30)20(14-32)15-5-7-16(8-6-15)27-23-26-13-18(24)22(29-23)28-19-4-2-3-17(19)21(25)33/h5-8,13-14,17,19-20H,2-4,9-12H2,1H3,(H2,25,33)(H2,26,27,28,29)/t17-,19+,20?/m0/s1. The molecule has 33 heavy (non-hydrogen) atoms. The van der Waals surface area contributed by atoms with Gasteiger partial charge in [0.05, 0.1) is 18.2 Å². The molecule has 2 aromatic rings. The molecule has 2 fully saturated rings. The molecule has 1 saturated carbocycles. The van der Waals surface area contributed by atoms with Crippen molar-refractivity contribution in [3.8, 4) is 0 Å². The van der Waals surface area contributed by atoms with Gasteiger partial charge >= 0.3 is 0 Å². The molecule has 2 aliphatic rings. The van der Waals surface area contributed by atoms with Gasteiger partial charge in [-0.25, -0.2) is 9.37 Å². The molecule has 2 heterocycles. The molecule has 1 aromatic carbocycles. The maximum absolute atomic E-state index is 14.3. The Labute approximate surface area is 192 Å². The van der Waals surface area contributed by atoms with Crippen LogP contribution in [0.1, 0.15) is 30.9 Å². The number of benzene rings is 1. The van der Waals surface area contributed by atoms with Gasteiger partial charge in [0.1, 0.15) is 6.29 Å². The predicted molar refractivity (Wildman–Crippen MR) is 124 cm³/mol. The quantitative estimate of drug-likeness (QED) is 0.517. The lowest BCUT2D eigenvalue weighted by Crippen LogP contribution is -2.46.